The number of amides is 1. The predicted octanol–water partition coefficient (Wildman–Crippen LogP) is 4.31. The van der Waals surface area contributed by atoms with Crippen LogP contribution >= 0.6 is 31.9 Å². The van der Waals surface area contributed by atoms with E-state index in [-0.39, 0.29) is 10.7 Å². The molecule has 0 radical (unpaired) electrons. The first-order chi connectivity index (χ1) is 11.0. The first kappa shape index (κ1) is 17.7. The Kier molecular flexibility index (Phi) is 6.36. The number of ether oxygens (including phenoxy) is 1. The summed E-state index contributed by atoms with van der Waals surface area (Å²) in [6.07, 6.45) is 0. The number of carbonyl (C=O) groups is 2. The molecule has 120 valence electrons. The number of hydrogen-bond donors (Lipinski definition) is 1. The average molecular weight is 441 g/mol. The number of alkyl halides is 2. The lowest BCUT2D eigenvalue weighted by molar-refractivity contribution is -0.115. The van der Waals surface area contributed by atoms with Gasteiger partial charge in [-0.2, -0.15) is 0 Å². The molecule has 0 aliphatic rings. The molecule has 0 aromatic heterocycles. The van der Waals surface area contributed by atoms with Gasteiger partial charge in [-0.1, -0.05) is 74.3 Å². The van der Waals surface area contributed by atoms with Crippen LogP contribution in [0.1, 0.15) is 20.7 Å². The van der Waals surface area contributed by atoms with E-state index in [9.17, 15) is 9.59 Å². The van der Waals surface area contributed by atoms with Gasteiger partial charge in [0.15, 0.2) is 0 Å². The number of esters is 1. The fourth-order valence-corrected chi connectivity index (χ4v) is 2.99. The molecule has 2 atom stereocenters. The molecule has 2 aromatic rings. The Bertz CT molecular complexity index is 691. The summed E-state index contributed by atoms with van der Waals surface area (Å²) in [6, 6.07) is 16.3. The van der Waals surface area contributed by atoms with Crippen molar-refractivity contribution in [1.82, 2.24) is 0 Å². The second kappa shape index (κ2) is 8.26. The Labute approximate surface area is 151 Å². The summed E-state index contributed by atoms with van der Waals surface area (Å²) in [5, 5.41) is 2.76. The number of nitrogens with one attached hydrogen (secondary N) is 1. The third-order valence-corrected chi connectivity index (χ3v) is 5.93. The van der Waals surface area contributed by atoms with Crippen LogP contribution in [0.2, 0.25) is 0 Å². The number of para-hydroxylation sites is 1. The second-order valence-corrected chi connectivity index (χ2v) is 6.71. The van der Waals surface area contributed by atoms with Crippen LogP contribution in [0.4, 0.5) is 5.69 Å². The molecule has 0 fully saturated rings. The number of hydrogen-bond acceptors (Lipinski definition) is 3. The van der Waals surface area contributed by atoms with Gasteiger partial charge in [-0.15, -0.1) is 0 Å². The maximum Gasteiger partial charge on any atom is 0.339 e. The average Bonchev–Trinajstić information content (AvgIpc) is 2.61. The molecule has 0 saturated carbocycles. The van der Waals surface area contributed by atoms with E-state index in [2.05, 4.69) is 37.2 Å². The Morgan fingerprint density at radius 3 is 2.26 bits per heavy atom. The molecular weight excluding hydrogens is 426 g/mol. The summed E-state index contributed by atoms with van der Waals surface area (Å²) in [7, 11) is 1.30. The van der Waals surface area contributed by atoms with E-state index in [4.69, 9.17) is 4.74 Å². The van der Waals surface area contributed by atoms with Crippen molar-refractivity contribution in [3.8, 4) is 0 Å². The lowest BCUT2D eigenvalue weighted by Gasteiger charge is -2.18. The molecule has 6 heteroatoms. The lowest BCUT2D eigenvalue weighted by Crippen LogP contribution is -2.27. The summed E-state index contributed by atoms with van der Waals surface area (Å²) in [6.45, 7) is 0. The van der Waals surface area contributed by atoms with E-state index in [1.54, 1.807) is 24.3 Å². The lowest BCUT2D eigenvalue weighted by atomic mass is 10.1. The molecule has 2 rings (SSSR count). The highest BCUT2D eigenvalue weighted by molar-refractivity contribution is 9.12. The fraction of sp³-hybridized carbons (Fsp3) is 0.176. The second-order valence-electron chi connectivity index (χ2n) is 4.74. The maximum atomic E-state index is 12.5. The quantitative estimate of drug-likeness (QED) is 0.556. The van der Waals surface area contributed by atoms with Gasteiger partial charge in [0, 0.05) is 0 Å². The Balaban J connectivity index is 2.15. The van der Waals surface area contributed by atoms with Gasteiger partial charge in [0.1, 0.15) is 4.83 Å². The van der Waals surface area contributed by atoms with Crippen LogP contribution in [0.25, 0.3) is 0 Å². The maximum absolute atomic E-state index is 12.5. The van der Waals surface area contributed by atoms with Gasteiger partial charge in [-0.05, 0) is 17.7 Å². The Morgan fingerprint density at radius 2 is 1.61 bits per heavy atom. The Morgan fingerprint density at radius 1 is 1.00 bits per heavy atom. The van der Waals surface area contributed by atoms with Crippen molar-refractivity contribution in [3.63, 3.8) is 0 Å². The molecule has 0 heterocycles. The number of carbonyl (C=O) groups excluding carboxylic acids is 2. The van der Waals surface area contributed by atoms with Crippen LogP contribution in [0.3, 0.4) is 0 Å². The van der Waals surface area contributed by atoms with Crippen LogP contribution in [0.15, 0.2) is 54.6 Å². The van der Waals surface area contributed by atoms with Crippen LogP contribution in [0, 0.1) is 0 Å². The molecule has 1 amide bonds. The minimum Gasteiger partial charge on any atom is -0.465 e. The topological polar surface area (TPSA) is 55.4 Å². The predicted molar refractivity (Wildman–Crippen MR) is 97.2 cm³/mol. The molecule has 0 spiro atoms. The van der Waals surface area contributed by atoms with Crippen molar-refractivity contribution in [2.75, 3.05) is 12.4 Å². The smallest absolute Gasteiger partial charge is 0.339 e. The number of methoxy groups -OCH3 is 1. The van der Waals surface area contributed by atoms with Gasteiger partial charge in [-0.3, -0.25) is 4.79 Å². The Hall–Kier alpha value is -1.66. The molecule has 4 nitrogen and oxygen atoms in total. The van der Waals surface area contributed by atoms with E-state index in [1.165, 1.54) is 7.11 Å². The van der Waals surface area contributed by atoms with Crippen LogP contribution in [0.5, 0.6) is 0 Å². The number of halogens is 2. The van der Waals surface area contributed by atoms with Crippen LogP contribution < -0.4 is 5.32 Å². The standard InChI is InChI=1S/C17H15Br2NO3/c1-23-17(22)12-9-5-6-10-13(12)20-16(21)15(19)14(18)11-7-3-2-4-8-11/h2-10,14-15H,1H3,(H,20,21). The highest BCUT2D eigenvalue weighted by Gasteiger charge is 2.26. The SMILES string of the molecule is COC(=O)c1ccccc1NC(=O)C(Br)C(Br)c1ccccc1. The number of anilines is 1. The normalized spacial score (nSPS) is 13.0. The minimum absolute atomic E-state index is 0.200. The van der Waals surface area contributed by atoms with E-state index in [0.717, 1.165) is 5.56 Å². The molecule has 0 aliphatic heterocycles. The first-order valence-electron chi connectivity index (χ1n) is 6.86. The summed E-state index contributed by atoms with van der Waals surface area (Å²) >= 11 is 6.93. The van der Waals surface area contributed by atoms with Crippen LogP contribution in [-0.2, 0) is 9.53 Å². The van der Waals surface area contributed by atoms with Crippen molar-refractivity contribution in [2.24, 2.45) is 0 Å². The zero-order chi connectivity index (χ0) is 16.8. The zero-order valence-corrected chi connectivity index (χ0v) is 15.5. The number of rotatable bonds is 5. The van der Waals surface area contributed by atoms with Gasteiger partial charge in [0.25, 0.3) is 0 Å². The molecule has 0 bridgehead atoms. The fourth-order valence-electron chi connectivity index (χ4n) is 2.02. The highest BCUT2D eigenvalue weighted by atomic mass is 79.9. The first-order valence-corrected chi connectivity index (χ1v) is 8.69. The van der Waals surface area contributed by atoms with Gasteiger partial charge >= 0.3 is 5.97 Å². The summed E-state index contributed by atoms with van der Waals surface area (Å²) in [5.41, 5.74) is 1.71. The van der Waals surface area contributed by atoms with Gasteiger partial charge in [0.2, 0.25) is 5.91 Å². The zero-order valence-electron chi connectivity index (χ0n) is 12.3. The molecule has 1 N–H and O–H groups in total. The van der Waals surface area contributed by atoms with Crippen molar-refractivity contribution >= 4 is 49.4 Å². The molecule has 0 saturated heterocycles. The van der Waals surface area contributed by atoms with E-state index >= 15 is 0 Å². The van der Waals surface area contributed by atoms with Gasteiger partial charge < -0.3 is 10.1 Å². The third kappa shape index (κ3) is 4.42. The summed E-state index contributed by atoms with van der Waals surface area (Å²) < 4.78 is 4.72. The van der Waals surface area contributed by atoms with Gasteiger partial charge in [-0.25, -0.2) is 4.79 Å². The molecule has 23 heavy (non-hydrogen) atoms. The summed E-state index contributed by atoms with van der Waals surface area (Å²) in [4.78, 5) is 23.5. The largest absolute Gasteiger partial charge is 0.465 e. The minimum atomic E-state index is -0.504. The number of benzene rings is 2. The van der Waals surface area contributed by atoms with Gasteiger partial charge in [0.05, 0.1) is 23.2 Å². The van der Waals surface area contributed by atoms with Crippen molar-refractivity contribution < 1.29 is 14.3 Å². The molecule has 0 aliphatic carbocycles. The monoisotopic (exact) mass is 439 g/mol. The van der Waals surface area contributed by atoms with Crippen molar-refractivity contribution in [3.05, 3.63) is 65.7 Å². The van der Waals surface area contributed by atoms with Crippen LogP contribution in [-0.4, -0.2) is 23.8 Å². The van der Waals surface area contributed by atoms with E-state index in [0.29, 0.717) is 11.3 Å². The van der Waals surface area contributed by atoms with E-state index < -0.39 is 10.8 Å². The molecule has 2 aromatic carbocycles. The summed E-state index contributed by atoms with van der Waals surface area (Å²) in [5.74, 6) is -0.752. The third-order valence-electron chi connectivity index (χ3n) is 3.22. The van der Waals surface area contributed by atoms with Crippen molar-refractivity contribution in [2.45, 2.75) is 9.65 Å². The van der Waals surface area contributed by atoms with E-state index in [1.807, 2.05) is 30.3 Å². The highest BCUT2D eigenvalue weighted by Crippen LogP contribution is 2.32. The molecule has 2 unspecified atom stereocenters. The molecular formula is C17H15Br2NO3. The van der Waals surface area contributed by atoms with Crippen molar-refractivity contribution in [1.29, 1.82) is 0 Å².